The molecule has 1 heterocycles. The number of carbonyl (C=O) groups excluding carboxylic acids is 4. The lowest BCUT2D eigenvalue weighted by molar-refractivity contribution is -0.140. The van der Waals surface area contributed by atoms with E-state index in [-0.39, 0.29) is 42.9 Å². The van der Waals surface area contributed by atoms with E-state index in [2.05, 4.69) is 16.0 Å². The summed E-state index contributed by atoms with van der Waals surface area (Å²) in [6.07, 6.45) is 3.33. The summed E-state index contributed by atoms with van der Waals surface area (Å²) in [5.41, 5.74) is 0. The van der Waals surface area contributed by atoms with Crippen LogP contribution in [0.25, 0.3) is 0 Å². The number of rotatable bonds is 9. The topological polar surface area (TPSA) is 108 Å². The molecular formula is C18H30N4O4. The van der Waals surface area contributed by atoms with Crippen molar-refractivity contribution in [3.63, 3.8) is 0 Å². The Morgan fingerprint density at radius 1 is 1.08 bits per heavy atom. The first-order valence-corrected chi connectivity index (χ1v) is 9.47. The van der Waals surface area contributed by atoms with Crippen molar-refractivity contribution in [1.29, 1.82) is 0 Å². The first-order chi connectivity index (χ1) is 12.3. The zero-order valence-corrected chi connectivity index (χ0v) is 15.8. The minimum Gasteiger partial charge on any atom is -0.347 e. The second kappa shape index (κ2) is 9.12. The van der Waals surface area contributed by atoms with Gasteiger partial charge in [-0.25, -0.2) is 0 Å². The minimum atomic E-state index is -0.657. The molecule has 2 unspecified atom stereocenters. The van der Waals surface area contributed by atoms with E-state index in [9.17, 15) is 19.2 Å². The van der Waals surface area contributed by atoms with Gasteiger partial charge in [0.15, 0.2) is 0 Å². The lowest BCUT2D eigenvalue weighted by Gasteiger charge is -2.27. The minimum absolute atomic E-state index is 0.0633. The molecule has 1 saturated heterocycles. The zero-order valence-electron chi connectivity index (χ0n) is 15.8. The van der Waals surface area contributed by atoms with Gasteiger partial charge in [0.25, 0.3) is 5.91 Å². The van der Waals surface area contributed by atoms with E-state index in [1.54, 1.807) is 4.90 Å². The van der Waals surface area contributed by atoms with Crippen LogP contribution in [0, 0.1) is 5.92 Å². The van der Waals surface area contributed by atoms with Gasteiger partial charge in [0.2, 0.25) is 17.6 Å². The number of carbonyl (C=O) groups is 4. The molecule has 8 heteroatoms. The third-order valence-corrected chi connectivity index (χ3v) is 4.89. The van der Waals surface area contributed by atoms with Crippen molar-refractivity contribution in [3.05, 3.63) is 0 Å². The van der Waals surface area contributed by atoms with E-state index in [0.717, 1.165) is 25.7 Å². The molecule has 1 saturated carbocycles. The number of hydrogen-bond acceptors (Lipinski definition) is 5. The Morgan fingerprint density at radius 2 is 1.77 bits per heavy atom. The van der Waals surface area contributed by atoms with Crippen molar-refractivity contribution >= 4 is 23.5 Å². The fraction of sp³-hybridized carbons (Fsp3) is 0.778. The van der Waals surface area contributed by atoms with Crippen molar-refractivity contribution in [3.8, 4) is 0 Å². The fourth-order valence-corrected chi connectivity index (χ4v) is 3.16. The Bertz CT molecular complexity index is 559. The van der Waals surface area contributed by atoms with E-state index < -0.39 is 17.7 Å². The lowest BCUT2D eigenvalue weighted by Crippen LogP contribution is -2.52. The summed E-state index contributed by atoms with van der Waals surface area (Å²) in [5, 5.41) is 8.23. The molecule has 0 aromatic carbocycles. The molecule has 2 rings (SSSR count). The molecule has 2 atom stereocenters. The van der Waals surface area contributed by atoms with Gasteiger partial charge in [-0.1, -0.05) is 27.2 Å². The predicted octanol–water partition coefficient (Wildman–Crippen LogP) is -0.425. The van der Waals surface area contributed by atoms with Gasteiger partial charge in [-0.2, -0.15) is 0 Å². The molecule has 0 spiro atoms. The molecular weight excluding hydrogens is 336 g/mol. The summed E-state index contributed by atoms with van der Waals surface area (Å²) in [5.74, 6) is -1.73. The third-order valence-electron chi connectivity index (χ3n) is 4.89. The van der Waals surface area contributed by atoms with Crippen LogP contribution in [0.2, 0.25) is 0 Å². The molecule has 0 bridgehead atoms. The summed E-state index contributed by atoms with van der Waals surface area (Å²) in [6, 6.07) is -0.304. The third kappa shape index (κ3) is 5.52. The van der Waals surface area contributed by atoms with Crippen molar-refractivity contribution < 1.29 is 19.2 Å². The highest BCUT2D eigenvalue weighted by Crippen LogP contribution is 2.27. The van der Waals surface area contributed by atoms with E-state index in [1.165, 1.54) is 0 Å². The van der Waals surface area contributed by atoms with Gasteiger partial charge in [-0.15, -0.1) is 0 Å². The van der Waals surface area contributed by atoms with Crippen LogP contribution in [0.1, 0.15) is 46.5 Å². The zero-order chi connectivity index (χ0) is 19.3. The molecule has 146 valence electrons. The Kier molecular flexibility index (Phi) is 7.14. The first-order valence-electron chi connectivity index (χ1n) is 9.47. The highest BCUT2D eigenvalue weighted by atomic mass is 16.2. The van der Waals surface area contributed by atoms with Crippen LogP contribution in [0.5, 0.6) is 0 Å². The molecule has 2 aliphatic rings. The molecule has 26 heavy (non-hydrogen) atoms. The average Bonchev–Trinajstić information content (AvgIpc) is 3.31. The van der Waals surface area contributed by atoms with Crippen LogP contribution in [0.3, 0.4) is 0 Å². The van der Waals surface area contributed by atoms with Crippen LogP contribution in [0.4, 0.5) is 0 Å². The number of nitrogens with one attached hydrogen (secondary N) is 3. The van der Waals surface area contributed by atoms with Crippen molar-refractivity contribution in [2.45, 2.75) is 64.6 Å². The molecule has 0 aromatic heterocycles. The predicted molar refractivity (Wildman–Crippen MR) is 96.2 cm³/mol. The fourth-order valence-electron chi connectivity index (χ4n) is 3.16. The van der Waals surface area contributed by atoms with Crippen LogP contribution >= 0.6 is 0 Å². The second-order valence-electron chi connectivity index (χ2n) is 7.41. The van der Waals surface area contributed by atoms with Crippen molar-refractivity contribution in [1.82, 2.24) is 20.9 Å². The number of hydrogen-bond donors (Lipinski definition) is 3. The summed E-state index contributed by atoms with van der Waals surface area (Å²) in [4.78, 5) is 50.2. The van der Waals surface area contributed by atoms with E-state index in [4.69, 9.17) is 0 Å². The summed E-state index contributed by atoms with van der Waals surface area (Å²) >= 11 is 0. The standard InChI is InChI=1S/C18H30N4O4/c1-4-12-7-8-22(15(24)10-19-11(2)3)16(12)18(26)20-9-14(23)17(25)21-13-5-6-13/h11-13,16,19H,4-10H2,1-3H3,(H,20,26)(H,21,25). The van der Waals surface area contributed by atoms with Gasteiger partial charge in [0.05, 0.1) is 13.1 Å². The second-order valence-corrected chi connectivity index (χ2v) is 7.41. The number of Topliss-reactive ketones (excluding diaryl/α,β-unsaturated/α-hetero) is 1. The number of amides is 3. The van der Waals surface area contributed by atoms with Crippen molar-refractivity contribution in [2.24, 2.45) is 5.92 Å². The van der Waals surface area contributed by atoms with Gasteiger partial charge in [-0.05, 0) is 25.2 Å². The van der Waals surface area contributed by atoms with Crippen LogP contribution in [-0.2, 0) is 19.2 Å². The van der Waals surface area contributed by atoms with Gasteiger partial charge >= 0.3 is 0 Å². The Morgan fingerprint density at radius 3 is 2.35 bits per heavy atom. The number of nitrogens with zero attached hydrogens (tertiary/aromatic N) is 1. The molecule has 3 N–H and O–H groups in total. The molecule has 0 radical (unpaired) electrons. The summed E-state index contributed by atoms with van der Waals surface area (Å²) in [7, 11) is 0. The summed E-state index contributed by atoms with van der Waals surface area (Å²) in [6.45, 7) is 6.27. The molecule has 8 nitrogen and oxygen atoms in total. The Balaban J connectivity index is 1.90. The van der Waals surface area contributed by atoms with Crippen LogP contribution < -0.4 is 16.0 Å². The SMILES string of the molecule is CCC1CCN(C(=O)CNC(C)C)C1C(=O)NCC(=O)C(=O)NC1CC1. The van der Waals surface area contributed by atoms with Gasteiger partial charge < -0.3 is 20.9 Å². The van der Waals surface area contributed by atoms with E-state index in [0.29, 0.717) is 6.54 Å². The normalized spacial score (nSPS) is 22.4. The lowest BCUT2D eigenvalue weighted by atomic mass is 9.96. The molecule has 1 aliphatic carbocycles. The highest BCUT2D eigenvalue weighted by molar-refractivity contribution is 6.37. The van der Waals surface area contributed by atoms with E-state index in [1.807, 2.05) is 20.8 Å². The molecule has 0 aromatic rings. The first kappa shape index (κ1) is 20.4. The highest BCUT2D eigenvalue weighted by Gasteiger charge is 2.40. The quantitative estimate of drug-likeness (QED) is 0.480. The monoisotopic (exact) mass is 366 g/mol. The smallest absolute Gasteiger partial charge is 0.289 e. The maximum atomic E-state index is 12.6. The molecule has 2 fully saturated rings. The molecule has 3 amide bonds. The number of likely N-dealkylation sites (tertiary alicyclic amines) is 1. The van der Waals surface area contributed by atoms with Crippen molar-refractivity contribution in [2.75, 3.05) is 19.6 Å². The van der Waals surface area contributed by atoms with Gasteiger partial charge in [0.1, 0.15) is 6.04 Å². The largest absolute Gasteiger partial charge is 0.347 e. The molecule has 1 aliphatic heterocycles. The van der Waals surface area contributed by atoms with E-state index >= 15 is 0 Å². The van der Waals surface area contributed by atoms with Crippen LogP contribution in [-0.4, -0.2) is 66.2 Å². The summed E-state index contributed by atoms with van der Waals surface area (Å²) < 4.78 is 0. The van der Waals surface area contributed by atoms with Gasteiger partial charge in [-0.3, -0.25) is 19.2 Å². The maximum Gasteiger partial charge on any atom is 0.289 e. The Labute approximate surface area is 154 Å². The number of ketones is 1. The maximum absolute atomic E-state index is 12.6. The van der Waals surface area contributed by atoms with Crippen LogP contribution in [0.15, 0.2) is 0 Å². The average molecular weight is 366 g/mol. The van der Waals surface area contributed by atoms with Gasteiger partial charge in [0, 0.05) is 18.6 Å². The Hall–Kier alpha value is -1.96.